The molecule has 1 aromatic heterocycles. The van der Waals surface area contributed by atoms with E-state index in [0.29, 0.717) is 5.92 Å². The van der Waals surface area contributed by atoms with E-state index in [1.165, 1.54) is 18.2 Å². The van der Waals surface area contributed by atoms with Gasteiger partial charge in [0, 0.05) is 6.54 Å². The second-order valence-corrected chi connectivity index (χ2v) is 4.21. The minimum Gasteiger partial charge on any atom is -0.319 e. The number of nitrogens with one attached hydrogen (secondary N) is 2. The van der Waals surface area contributed by atoms with E-state index < -0.39 is 0 Å². The lowest BCUT2D eigenvalue weighted by Crippen LogP contribution is -2.08. The van der Waals surface area contributed by atoms with E-state index in [9.17, 15) is 4.79 Å². The highest BCUT2D eigenvalue weighted by molar-refractivity contribution is 5.74. The van der Waals surface area contributed by atoms with Gasteiger partial charge in [-0.2, -0.15) is 0 Å². The molecule has 3 rings (SSSR count). The van der Waals surface area contributed by atoms with Gasteiger partial charge in [0.2, 0.25) is 0 Å². The first-order valence-corrected chi connectivity index (χ1v) is 5.52. The van der Waals surface area contributed by atoms with Gasteiger partial charge in [-0.25, -0.2) is 4.98 Å². The highest BCUT2D eigenvalue weighted by Gasteiger charge is 2.16. The molecule has 1 saturated heterocycles. The molecule has 16 heavy (non-hydrogen) atoms. The monoisotopic (exact) mass is 215 g/mol. The zero-order valence-electron chi connectivity index (χ0n) is 8.86. The lowest BCUT2D eigenvalue weighted by Gasteiger charge is -2.08. The molecule has 1 aliphatic heterocycles. The van der Waals surface area contributed by atoms with Crippen LogP contribution in [0.4, 0.5) is 0 Å². The summed E-state index contributed by atoms with van der Waals surface area (Å²) in [6.07, 6.45) is 2.51. The number of hydrogen-bond donors (Lipinski definition) is 2. The fourth-order valence-corrected chi connectivity index (χ4v) is 2.25. The molecule has 2 N–H and O–H groups in total. The molecule has 4 heteroatoms. The Morgan fingerprint density at radius 2 is 2.31 bits per heavy atom. The summed E-state index contributed by atoms with van der Waals surface area (Å²) in [7, 11) is 0. The number of H-pyrrole nitrogens is 1. The smallest absolute Gasteiger partial charge is 0.266 e. The van der Waals surface area contributed by atoms with Gasteiger partial charge in [-0.15, -0.1) is 0 Å². The quantitative estimate of drug-likeness (QED) is 0.746. The van der Waals surface area contributed by atoms with Gasteiger partial charge < -0.3 is 10.3 Å². The zero-order valence-corrected chi connectivity index (χ0v) is 8.86. The standard InChI is InChI=1S/C12H13N3O/c16-12-7-14-11-5-8(1-2-10(11)15-12)9-3-4-13-6-9/h1-2,5,7,9,13H,3-4,6H2,(H,15,16). The van der Waals surface area contributed by atoms with E-state index in [4.69, 9.17) is 0 Å². The van der Waals surface area contributed by atoms with Crippen molar-refractivity contribution in [2.24, 2.45) is 0 Å². The van der Waals surface area contributed by atoms with Gasteiger partial charge in [0.05, 0.1) is 17.2 Å². The topological polar surface area (TPSA) is 57.8 Å². The van der Waals surface area contributed by atoms with Gasteiger partial charge in [-0.3, -0.25) is 4.79 Å². The van der Waals surface area contributed by atoms with Crippen LogP contribution in [0, 0.1) is 0 Å². The van der Waals surface area contributed by atoms with E-state index in [1.807, 2.05) is 6.07 Å². The van der Waals surface area contributed by atoms with Gasteiger partial charge in [0.15, 0.2) is 0 Å². The molecule has 0 radical (unpaired) electrons. The first-order valence-electron chi connectivity index (χ1n) is 5.52. The summed E-state index contributed by atoms with van der Waals surface area (Å²) in [6, 6.07) is 6.10. The maximum Gasteiger partial charge on any atom is 0.266 e. The van der Waals surface area contributed by atoms with Crippen molar-refractivity contribution in [1.29, 1.82) is 0 Å². The van der Waals surface area contributed by atoms with Crippen molar-refractivity contribution >= 4 is 11.0 Å². The summed E-state index contributed by atoms with van der Waals surface area (Å²) < 4.78 is 0. The minimum atomic E-state index is -0.150. The van der Waals surface area contributed by atoms with Crippen LogP contribution < -0.4 is 10.9 Å². The number of fused-ring (bicyclic) bond motifs is 1. The lowest BCUT2D eigenvalue weighted by atomic mass is 9.98. The maximum absolute atomic E-state index is 11.1. The van der Waals surface area contributed by atoms with Crippen LogP contribution in [-0.4, -0.2) is 23.1 Å². The van der Waals surface area contributed by atoms with Crippen LogP contribution in [0.5, 0.6) is 0 Å². The third-order valence-corrected chi connectivity index (χ3v) is 3.13. The fourth-order valence-electron chi connectivity index (χ4n) is 2.25. The molecule has 1 unspecified atom stereocenters. The van der Waals surface area contributed by atoms with Crippen molar-refractivity contribution in [3.63, 3.8) is 0 Å². The Hall–Kier alpha value is -1.68. The number of benzene rings is 1. The normalized spacial score (nSPS) is 20.4. The largest absolute Gasteiger partial charge is 0.319 e. The molecule has 1 atom stereocenters. The van der Waals surface area contributed by atoms with Gasteiger partial charge in [0.25, 0.3) is 5.56 Å². The number of rotatable bonds is 1. The maximum atomic E-state index is 11.1. The summed E-state index contributed by atoms with van der Waals surface area (Å²) >= 11 is 0. The zero-order chi connectivity index (χ0) is 11.0. The van der Waals surface area contributed by atoms with Crippen LogP contribution >= 0.6 is 0 Å². The average molecular weight is 215 g/mol. The van der Waals surface area contributed by atoms with Crippen molar-refractivity contribution in [3.05, 3.63) is 40.3 Å². The summed E-state index contributed by atoms with van der Waals surface area (Å²) in [5.74, 6) is 0.582. The second-order valence-electron chi connectivity index (χ2n) is 4.21. The second kappa shape index (κ2) is 3.72. The lowest BCUT2D eigenvalue weighted by molar-refractivity contribution is 0.764. The van der Waals surface area contributed by atoms with Crippen molar-refractivity contribution in [1.82, 2.24) is 15.3 Å². The van der Waals surface area contributed by atoms with Crippen molar-refractivity contribution in [3.8, 4) is 0 Å². The van der Waals surface area contributed by atoms with Crippen molar-refractivity contribution in [2.45, 2.75) is 12.3 Å². The molecule has 2 aromatic rings. The Balaban J connectivity index is 2.08. The molecule has 1 aromatic carbocycles. The number of aromatic amines is 1. The fraction of sp³-hybridized carbons (Fsp3) is 0.333. The Labute approximate surface area is 92.7 Å². The first kappa shape index (κ1) is 9.54. The van der Waals surface area contributed by atoms with Gasteiger partial charge >= 0.3 is 0 Å². The molecule has 0 bridgehead atoms. The van der Waals surface area contributed by atoms with Gasteiger partial charge in [-0.1, -0.05) is 6.07 Å². The van der Waals surface area contributed by atoms with E-state index in [2.05, 4.69) is 27.4 Å². The van der Waals surface area contributed by atoms with E-state index in [-0.39, 0.29) is 5.56 Å². The Bertz CT molecular complexity index is 570. The average Bonchev–Trinajstić information content (AvgIpc) is 2.82. The Morgan fingerprint density at radius 1 is 1.38 bits per heavy atom. The third kappa shape index (κ3) is 1.61. The molecule has 4 nitrogen and oxygen atoms in total. The molecule has 0 aliphatic carbocycles. The molecule has 0 saturated carbocycles. The van der Waals surface area contributed by atoms with E-state index in [1.54, 1.807) is 0 Å². The van der Waals surface area contributed by atoms with Crippen LogP contribution in [0.1, 0.15) is 17.9 Å². The van der Waals surface area contributed by atoms with E-state index >= 15 is 0 Å². The van der Waals surface area contributed by atoms with Crippen LogP contribution in [0.2, 0.25) is 0 Å². The Kier molecular flexibility index (Phi) is 2.22. The molecular formula is C12H13N3O. The number of hydrogen-bond acceptors (Lipinski definition) is 3. The summed E-state index contributed by atoms with van der Waals surface area (Å²) in [5.41, 5.74) is 2.83. The SMILES string of the molecule is O=c1cnc2cc(C3CCNC3)ccc2[nH]1. The summed E-state index contributed by atoms with van der Waals surface area (Å²) in [4.78, 5) is 18.0. The van der Waals surface area contributed by atoms with E-state index in [0.717, 1.165) is 24.1 Å². The molecule has 1 fully saturated rings. The van der Waals surface area contributed by atoms with Crippen LogP contribution in [0.15, 0.2) is 29.2 Å². The molecule has 1 aliphatic rings. The van der Waals surface area contributed by atoms with Crippen LogP contribution in [0.3, 0.4) is 0 Å². The highest BCUT2D eigenvalue weighted by atomic mass is 16.1. The van der Waals surface area contributed by atoms with Gasteiger partial charge in [-0.05, 0) is 36.6 Å². The molecule has 0 spiro atoms. The highest BCUT2D eigenvalue weighted by Crippen LogP contribution is 2.23. The molecular weight excluding hydrogens is 202 g/mol. The Morgan fingerprint density at radius 3 is 3.12 bits per heavy atom. The molecule has 2 heterocycles. The molecule has 82 valence electrons. The number of aromatic nitrogens is 2. The molecule has 0 amide bonds. The van der Waals surface area contributed by atoms with Gasteiger partial charge in [0.1, 0.15) is 0 Å². The van der Waals surface area contributed by atoms with Crippen molar-refractivity contribution < 1.29 is 0 Å². The van der Waals surface area contributed by atoms with Crippen molar-refractivity contribution in [2.75, 3.05) is 13.1 Å². The first-order chi connectivity index (χ1) is 7.83. The summed E-state index contributed by atoms with van der Waals surface area (Å²) in [5, 5.41) is 3.35. The summed E-state index contributed by atoms with van der Waals surface area (Å²) in [6.45, 7) is 2.12. The predicted octanol–water partition coefficient (Wildman–Crippen LogP) is 1.000. The predicted molar refractivity (Wildman–Crippen MR) is 62.6 cm³/mol. The number of nitrogens with zero attached hydrogens (tertiary/aromatic N) is 1. The third-order valence-electron chi connectivity index (χ3n) is 3.13. The van der Waals surface area contributed by atoms with Crippen LogP contribution in [-0.2, 0) is 0 Å². The van der Waals surface area contributed by atoms with Crippen LogP contribution in [0.25, 0.3) is 11.0 Å². The minimum absolute atomic E-state index is 0.150.